The molecule has 1 fully saturated rings. The van der Waals surface area contributed by atoms with Gasteiger partial charge in [-0.25, -0.2) is 18.0 Å². The molecule has 2 heterocycles. The number of allylic oxidation sites excluding steroid dienone is 1. The van der Waals surface area contributed by atoms with Gasteiger partial charge in [0.05, 0.1) is 41.8 Å². The highest BCUT2D eigenvalue weighted by molar-refractivity contribution is 7.91. The van der Waals surface area contributed by atoms with Crippen LogP contribution in [0.1, 0.15) is 30.5 Å². The lowest BCUT2D eigenvalue weighted by molar-refractivity contribution is -0.137. The quantitative estimate of drug-likeness (QED) is 0.741. The van der Waals surface area contributed by atoms with Gasteiger partial charge in [-0.1, -0.05) is 12.1 Å². The number of methoxy groups -OCH3 is 1. The highest BCUT2D eigenvalue weighted by Gasteiger charge is 2.43. The number of sulfone groups is 1. The van der Waals surface area contributed by atoms with E-state index in [1.807, 2.05) is 0 Å². The standard InChI is InChI=1S/C18H19F3N2O5S/c1-10-14(16(24)28-2)15(11-4-3-5-12(8-11)18(19,20)21)22-17(25)23(10)13-6-7-29(26,27)9-13/h3-5,8,13,15H,6-7,9H2,1-2H3,(H,22,25). The van der Waals surface area contributed by atoms with Gasteiger partial charge in [0.25, 0.3) is 0 Å². The summed E-state index contributed by atoms with van der Waals surface area (Å²) in [5.74, 6) is -1.16. The number of nitrogens with zero attached hydrogens (tertiary/aromatic N) is 1. The van der Waals surface area contributed by atoms with Gasteiger partial charge in [0, 0.05) is 5.70 Å². The first kappa shape index (κ1) is 21.2. The normalized spacial score (nSPS) is 24.4. The summed E-state index contributed by atoms with van der Waals surface area (Å²) in [6.45, 7) is 1.45. The van der Waals surface area contributed by atoms with Crippen LogP contribution in [0, 0.1) is 0 Å². The molecular weight excluding hydrogens is 413 g/mol. The number of carbonyl (C=O) groups excluding carboxylic acids is 2. The van der Waals surface area contributed by atoms with Gasteiger partial charge in [0.2, 0.25) is 0 Å². The van der Waals surface area contributed by atoms with Crippen LogP contribution in [-0.4, -0.2) is 50.0 Å². The van der Waals surface area contributed by atoms with Crippen molar-refractivity contribution in [3.05, 3.63) is 46.7 Å². The van der Waals surface area contributed by atoms with Gasteiger partial charge >= 0.3 is 18.2 Å². The first-order chi connectivity index (χ1) is 13.4. The van der Waals surface area contributed by atoms with Gasteiger partial charge in [0.15, 0.2) is 9.84 Å². The van der Waals surface area contributed by atoms with Crippen LogP contribution in [0.4, 0.5) is 18.0 Å². The molecule has 0 aromatic heterocycles. The van der Waals surface area contributed by atoms with Gasteiger partial charge in [-0.3, -0.25) is 4.90 Å². The number of benzene rings is 1. The topological polar surface area (TPSA) is 92.8 Å². The number of carbonyl (C=O) groups is 2. The second-order valence-corrected chi connectivity index (χ2v) is 9.15. The number of ether oxygens (including phenoxy) is 1. The summed E-state index contributed by atoms with van der Waals surface area (Å²) in [5, 5.41) is 2.53. The molecule has 3 rings (SSSR count). The molecule has 0 aliphatic carbocycles. The zero-order valence-electron chi connectivity index (χ0n) is 15.6. The molecule has 0 spiro atoms. The van der Waals surface area contributed by atoms with E-state index in [4.69, 9.17) is 4.74 Å². The molecule has 1 aromatic carbocycles. The van der Waals surface area contributed by atoms with E-state index in [1.165, 1.54) is 24.0 Å². The zero-order chi connectivity index (χ0) is 21.6. The maximum absolute atomic E-state index is 13.1. The Bertz CT molecular complexity index is 987. The molecule has 7 nitrogen and oxygen atoms in total. The number of esters is 1. The second-order valence-electron chi connectivity index (χ2n) is 6.92. The molecule has 1 N–H and O–H groups in total. The lowest BCUT2D eigenvalue weighted by Gasteiger charge is -2.38. The van der Waals surface area contributed by atoms with Gasteiger partial charge < -0.3 is 10.1 Å². The van der Waals surface area contributed by atoms with Crippen LogP contribution < -0.4 is 5.32 Å². The van der Waals surface area contributed by atoms with E-state index in [0.29, 0.717) is 0 Å². The van der Waals surface area contributed by atoms with E-state index in [2.05, 4.69) is 5.32 Å². The van der Waals surface area contributed by atoms with Crippen molar-refractivity contribution >= 4 is 21.8 Å². The van der Waals surface area contributed by atoms with Crippen LogP contribution >= 0.6 is 0 Å². The molecule has 2 unspecified atom stereocenters. The van der Waals surface area contributed by atoms with Crippen LogP contribution in [-0.2, 0) is 25.5 Å². The second kappa shape index (κ2) is 7.36. The maximum Gasteiger partial charge on any atom is 0.416 e. The monoisotopic (exact) mass is 432 g/mol. The highest BCUT2D eigenvalue weighted by Crippen LogP contribution is 2.36. The fraction of sp³-hybridized carbons (Fsp3) is 0.444. The van der Waals surface area contributed by atoms with Crippen LogP contribution in [0.2, 0.25) is 0 Å². The van der Waals surface area contributed by atoms with Gasteiger partial charge in [-0.2, -0.15) is 13.2 Å². The molecule has 2 atom stereocenters. The number of amides is 2. The predicted molar refractivity (Wildman–Crippen MR) is 96.3 cm³/mol. The third kappa shape index (κ3) is 4.09. The number of halogens is 3. The summed E-state index contributed by atoms with van der Waals surface area (Å²) in [6, 6.07) is 1.79. The van der Waals surface area contributed by atoms with Crippen LogP contribution in [0.3, 0.4) is 0 Å². The Morgan fingerprint density at radius 3 is 2.55 bits per heavy atom. The molecule has 29 heavy (non-hydrogen) atoms. The van der Waals surface area contributed by atoms with Crippen molar-refractivity contribution in [3.63, 3.8) is 0 Å². The van der Waals surface area contributed by atoms with E-state index in [0.717, 1.165) is 19.2 Å². The van der Waals surface area contributed by atoms with Gasteiger partial charge in [0.1, 0.15) is 0 Å². The summed E-state index contributed by atoms with van der Waals surface area (Å²) in [6.07, 6.45) is -4.39. The molecule has 0 radical (unpaired) electrons. The molecule has 158 valence electrons. The van der Waals surface area contributed by atoms with Gasteiger partial charge in [-0.15, -0.1) is 0 Å². The van der Waals surface area contributed by atoms with E-state index >= 15 is 0 Å². The molecular formula is C18H19F3N2O5S. The molecule has 2 aliphatic heterocycles. The average Bonchev–Trinajstić information content (AvgIpc) is 2.99. The molecule has 11 heteroatoms. The number of hydrogen-bond acceptors (Lipinski definition) is 5. The number of rotatable bonds is 3. The Hall–Kier alpha value is -2.56. The fourth-order valence-electron chi connectivity index (χ4n) is 3.69. The molecule has 2 amide bonds. The Morgan fingerprint density at radius 2 is 2.00 bits per heavy atom. The minimum Gasteiger partial charge on any atom is -0.466 e. The third-order valence-electron chi connectivity index (χ3n) is 5.05. The van der Waals surface area contributed by atoms with E-state index < -0.39 is 45.7 Å². The highest BCUT2D eigenvalue weighted by atomic mass is 32.2. The van der Waals surface area contributed by atoms with E-state index in [-0.39, 0.29) is 34.8 Å². The van der Waals surface area contributed by atoms with Crippen molar-refractivity contribution in [2.45, 2.75) is 31.6 Å². The lowest BCUT2D eigenvalue weighted by atomic mass is 9.93. The van der Waals surface area contributed by atoms with Crippen LogP contribution in [0.15, 0.2) is 35.5 Å². The maximum atomic E-state index is 13.1. The van der Waals surface area contributed by atoms with Crippen molar-refractivity contribution in [3.8, 4) is 0 Å². The van der Waals surface area contributed by atoms with Crippen molar-refractivity contribution in [1.82, 2.24) is 10.2 Å². The lowest BCUT2D eigenvalue weighted by Crippen LogP contribution is -2.52. The zero-order valence-corrected chi connectivity index (χ0v) is 16.4. The van der Waals surface area contributed by atoms with Crippen LogP contribution in [0.25, 0.3) is 0 Å². The Balaban J connectivity index is 2.08. The van der Waals surface area contributed by atoms with Gasteiger partial charge in [-0.05, 0) is 31.0 Å². The number of urea groups is 1. The van der Waals surface area contributed by atoms with Crippen molar-refractivity contribution in [2.24, 2.45) is 0 Å². The summed E-state index contributed by atoms with van der Waals surface area (Å²) in [5.41, 5.74) is -0.747. The number of nitrogens with one attached hydrogen (secondary N) is 1. The molecule has 0 bridgehead atoms. The molecule has 0 saturated carbocycles. The average molecular weight is 432 g/mol. The number of hydrogen-bond donors (Lipinski definition) is 1. The Labute approximate surface area is 165 Å². The Morgan fingerprint density at radius 1 is 1.31 bits per heavy atom. The van der Waals surface area contributed by atoms with Crippen molar-refractivity contribution in [1.29, 1.82) is 0 Å². The van der Waals surface area contributed by atoms with Crippen LogP contribution in [0.5, 0.6) is 0 Å². The van der Waals surface area contributed by atoms with E-state index in [1.54, 1.807) is 0 Å². The summed E-state index contributed by atoms with van der Waals surface area (Å²) < 4.78 is 67.7. The number of alkyl halides is 3. The summed E-state index contributed by atoms with van der Waals surface area (Å²) in [4.78, 5) is 26.4. The minimum absolute atomic E-state index is 0.0456. The predicted octanol–water partition coefficient (Wildman–Crippen LogP) is 2.41. The largest absolute Gasteiger partial charge is 0.466 e. The van der Waals surface area contributed by atoms with Crippen molar-refractivity contribution in [2.75, 3.05) is 18.6 Å². The molecule has 1 aromatic rings. The summed E-state index contributed by atoms with van der Waals surface area (Å²) >= 11 is 0. The third-order valence-corrected chi connectivity index (χ3v) is 6.80. The fourth-order valence-corrected chi connectivity index (χ4v) is 5.39. The SMILES string of the molecule is COC(=O)C1=C(C)N(C2CCS(=O)(=O)C2)C(=O)NC1c1cccc(C(F)(F)F)c1. The van der Waals surface area contributed by atoms with E-state index in [9.17, 15) is 31.2 Å². The summed E-state index contributed by atoms with van der Waals surface area (Å²) in [7, 11) is -2.19. The van der Waals surface area contributed by atoms with Crippen molar-refractivity contribution < 1.29 is 35.9 Å². The molecule has 2 aliphatic rings. The Kier molecular flexibility index (Phi) is 5.37. The molecule has 1 saturated heterocycles. The first-order valence-electron chi connectivity index (χ1n) is 8.71. The smallest absolute Gasteiger partial charge is 0.416 e. The first-order valence-corrected chi connectivity index (χ1v) is 10.5. The minimum atomic E-state index is -4.59.